The van der Waals surface area contributed by atoms with Crippen LogP contribution in [0, 0.1) is 0 Å². The highest BCUT2D eigenvalue weighted by molar-refractivity contribution is 5.86. The van der Waals surface area contributed by atoms with Crippen LogP contribution in [0.25, 0.3) is 10.9 Å². The quantitative estimate of drug-likeness (QED) is 0.739. The fourth-order valence-corrected chi connectivity index (χ4v) is 4.36. The average Bonchev–Trinajstić information content (AvgIpc) is 2.75. The zero-order valence-electron chi connectivity index (χ0n) is 18.3. The Balaban J connectivity index is 1.68. The van der Waals surface area contributed by atoms with Gasteiger partial charge in [-0.1, -0.05) is 0 Å². The number of piperidine rings is 1. The Labute approximate surface area is 178 Å². The molecule has 2 saturated heterocycles. The van der Waals surface area contributed by atoms with Gasteiger partial charge in [-0.2, -0.15) is 0 Å². The molecule has 2 aliphatic heterocycles. The second-order valence-corrected chi connectivity index (χ2v) is 8.51. The number of rotatable bonds is 7. The first-order chi connectivity index (χ1) is 14.6. The number of nitrogens with zero attached hydrogens (tertiary/aromatic N) is 4. The predicted molar refractivity (Wildman–Crippen MR) is 116 cm³/mol. The third-order valence-corrected chi connectivity index (χ3v) is 5.92. The summed E-state index contributed by atoms with van der Waals surface area (Å²) in [6.45, 7) is 6.28. The van der Waals surface area contributed by atoms with E-state index in [-0.39, 0.29) is 12.1 Å². The van der Waals surface area contributed by atoms with Gasteiger partial charge in [0, 0.05) is 56.4 Å². The zero-order chi connectivity index (χ0) is 20.9. The van der Waals surface area contributed by atoms with Gasteiger partial charge in [0.25, 0.3) is 0 Å². The Morgan fingerprint density at radius 1 is 1.23 bits per heavy atom. The standard InChI is InChI=1S/C22H33N5O3/c1-15(14-28-3)25-22-24-12-19-20(26-22)18(16-5-4-8-27(2)13-16)11-23-21(19)30-17-6-9-29-10-7-17/h11-12,15-17H,4-10,13-14H2,1-3H3,(H,24,25,26)/t15-,16+/m0/s1. The van der Waals surface area contributed by atoms with Crippen molar-refractivity contribution in [1.82, 2.24) is 19.9 Å². The number of ether oxygens (including phenoxy) is 3. The van der Waals surface area contributed by atoms with E-state index in [2.05, 4.69) is 29.2 Å². The monoisotopic (exact) mass is 415 g/mol. The Morgan fingerprint density at radius 3 is 2.83 bits per heavy atom. The van der Waals surface area contributed by atoms with Crippen LogP contribution in [0.1, 0.15) is 44.1 Å². The third-order valence-electron chi connectivity index (χ3n) is 5.92. The molecule has 2 aromatic heterocycles. The van der Waals surface area contributed by atoms with Crippen LogP contribution in [0.5, 0.6) is 5.88 Å². The van der Waals surface area contributed by atoms with Crippen molar-refractivity contribution in [1.29, 1.82) is 0 Å². The highest BCUT2D eigenvalue weighted by Gasteiger charge is 2.25. The van der Waals surface area contributed by atoms with Gasteiger partial charge in [0.15, 0.2) is 0 Å². The molecule has 2 atom stereocenters. The van der Waals surface area contributed by atoms with Crippen LogP contribution in [0.15, 0.2) is 12.4 Å². The molecule has 2 aliphatic rings. The minimum atomic E-state index is 0.122. The van der Waals surface area contributed by atoms with Crippen LogP contribution in [-0.2, 0) is 9.47 Å². The number of aromatic nitrogens is 3. The maximum absolute atomic E-state index is 6.27. The summed E-state index contributed by atoms with van der Waals surface area (Å²) < 4.78 is 17.0. The normalized spacial score (nSPS) is 22.2. The van der Waals surface area contributed by atoms with Gasteiger partial charge in [0.1, 0.15) is 6.10 Å². The molecule has 0 unspecified atom stereocenters. The van der Waals surface area contributed by atoms with Gasteiger partial charge in [-0.05, 0) is 33.4 Å². The number of nitrogens with one attached hydrogen (secondary N) is 1. The first-order valence-corrected chi connectivity index (χ1v) is 11.0. The average molecular weight is 416 g/mol. The topological polar surface area (TPSA) is 81.6 Å². The maximum Gasteiger partial charge on any atom is 0.224 e. The van der Waals surface area contributed by atoms with E-state index in [9.17, 15) is 0 Å². The number of likely N-dealkylation sites (N-methyl/N-ethyl adjacent to an activating group) is 1. The van der Waals surface area contributed by atoms with Gasteiger partial charge in [0.2, 0.25) is 11.8 Å². The number of pyridine rings is 1. The van der Waals surface area contributed by atoms with Gasteiger partial charge in [-0.15, -0.1) is 0 Å². The fourth-order valence-electron chi connectivity index (χ4n) is 4.36. The lowest BCUT2D eigenvalue weighted by atomic mass is 9.90. The fraction of sp³-hybridized carbons (Fsp3) is 0.682. The molecule has 0 saturated carbocycles. The number of anilines is 1. The van der Waals surface area contributed by atoms with Crippen molar-refractivity contribution in [2.75, 3.05) is 52.4 Å². The van der Waals surface area contributed by atoms with E-state index in [0.717, 1.165) is 56.5 Å². The Kier molecular flexibility index (Phi) is 6.97. The SMILES string of the molecule is COC[C@H](C)Nc1ncc2c(OC3CCOCC3)ncc([C@@H]3CCCN(C)C3)c2n1. The minimum Gasteiger partial charge on any atom is -0.474 e. The van der Waals surface area contributed by atoms with Crippen molar-refractivity contribution in [3.05, 3.63) is 18.0 Å². The van der Waals surface area contributed by atoms with Crippen LogP contribution in [0.4, 0.5) is 5.95 Å². The second-order valence-electron chi connectivity index (χ2n) is 8.51. The van der Waals surface area contributed by atoms with E-state index >= 15 is 0 Å². The van der Waals surface area contributed by atoms with Crippen LogP contribution < -0.4 is 10.1 Å². The first-order valence-electron chi connectivity index (χ1n) is 11.0. The van der Waals surface area contributed by atoms with Crippen molar-refractivity contribution in [3.8, 4) is 5.88 Å². The Bertz CT molecular complexity index is 843. The summed E-state index contributed by atoms with van der Waals surface area (Å²) in [5.74, 6) is 1.65. The molecule has 0 bridgehead atoms. The molecule has 8 heteroatoms. The number of fused-ring (bicyclic) bond motifs is 1. The van der Waals surface area contributed by atoms with E-state index in [1.807, 2.05) is 12.4 Å². The lowest BCUT2D eigenvalue weighted by Gasteiger charge is -2.30. The summed E-state index contributed by atoms with van der Waals surface area (Å²) in [5, 5.41) is 4.23. The molecule has 0 radical (unpaired) electrons. The molecule has 164 valence electrons. The third kappa shape index (κ3) is 4.99. The Morgan fingerprint density at radius 2 is 2.07 bits per heavy atom. The van der Waals surface area contributed by atoms with E-state index in [0.29, 0.717) is 24.4 Å². The molecule has 4 heterocycles. The van der Waals surface area contributed by atoms with E-state index in [1.165, 1.54) is 12.0 Å². The van der Waals surface area contributed by atoms with E-state index < -0.39 is 0 Å². The molecular formula is C22H33N5O3. The van der Waals surface area contributed by atoms with Crippen molar-refractivity contribution < 1.29 is 14.2 Å². The molecule has 0 amide bonds. The lowest BCUT2D eigenvalue weighted by Crippen LogP contribution is -2.31. The van der Waals surface area contributed by atoms with Gasteiger partial charge in [0.05, 0.1) is 30.7 Å². The van der Waals surface area contributed by atoms with Gasteiger partial charge >= 0.3 is 0 Å². The molecule has 4 rings (SSSR count). The van der Waals surface area contributed by atoms with Gasteiger partial charge in [-0.3, -0.25) is 0 Å². The minimum absolute atomic E-state index is 0.122. The summed E-state index contributed by atoms with van der Waals surface area (Å²) >= 11 is 0. The molecular weight excluding hydrogens is 382 g/mol. The summed E-state index contributed by atoms with van der Waals surface area (Å²) in [4.78, 5) is 16.6. The summed E-state index contributed by atoms with van der Waals surface area (Å²) in [6, 6.07) is 0.122. The van der Waals surface area contributed by atoms with Crippen LogP contribution in [0.2, 0.25) is 0 Å². The first kappa shape index (κ1) is 21.2. The smallest absolute Gasteiger partial charge is 0.224 e. The summed E-state index contributed by atoms with van der Waals surface area (Å²) in [7, 11) is 3.88. The molecule has 1 N–H and O–H groups in total. The maximum atomic E-state index is 6.27. The van der Waals surface area contributed by atoms with Crippen molar-refractivity contribution in [2.24, 2.45) is 0 Å². The highest BCUT2D eigenvalue weighted by atomic mass is 16.5. The van der Waals surface area contributed by atoms with Crippen molar-refractivity contribution >= 4 is 16.9 Å². The van der Waals surface area contributed by atoms with E-state index in [1.54, 1.807) is 7.11 Å². The number of hydrogen-bond donors (Lipinski definition) is 1. The summed E-state index contributed by atoms with van der Waals surface area (Å²) in [6.07, 6.45) is 8.04. The zero-order valence-corrected chi connectivity index (χ0v) is 18.3. The number of likely N-dealkylation sites (tertiary alicyclic amines) is 1. The van der Waals surface area contributed by atoms with Crippen molar-refractivity contribution in [3.63, 3.8) is 0 Å². The number of methoxy groups -OCH3 is 1. The molecule has 0 aliphatic carbocycles. The van der Waals surface area contributed by atoms with Gasteiger partial charge < -0.3 is 24.4 Å². The molecule has 2 aromatic rings. The summed E-state index contributed by atoms with van der Waals surface area (Å²) in [5.41, 5.74) is 2.12. The molecule has 0 spiro atoms. The molecule has 8 nitrogen and oxygen atoms in total. The molecule has 2 fully saturated rings. The predicted octanol–water partition coefficient (Wildman–Crippen LogP) is 2.84. The number of hydrogen-bond acceptors (Lipinski definition) is 8. The van der Waals surface area contributed by atoms with Gasteiger partial charge in [-0.25, -0.2) is 15.0 Å². The largest absolute Gasteiger partial charge is 0.474 e. The Hall–Kier alpha value is -2.03. The van der Waals surface area contributed by atoms with Crippen LogP contribution in [-0.4, -0.2) is 79.1 Å². The van der Waals surface area contributed by atoms with Crippen molar-refractivity contribution in [2.45, 2.75) is 50.7 Å². The second kappa shape index (κ2) is 9.85. The van der Waals surface area contributed by atoms with E-state index in [4.69, 9.17) is 24.2 Å². The van der Waals surface area contributed by atoms with Crippen LogP contribution in [0.3, 0.4) is 0 Å². The highest BCUT2D eigenvalue weighted by Crippen LogP contribution is 2.34. The lowest BCUT2D eigenvalue weighted by molar-refractivity contribution is 0.0244. The molecule has 30 heavy (non-hydrogen) atoms. The van der Waals surface area contributed by atoms with Crippen LogP contribution >= 0.6 is 0 Å². The molecule has 0 aromatic carbocycles.